The van der Waals surface area contributed by atoms with Crippen molar-refractivity contribution < 1.29 is 18.7 Å². The first-order chi connectivity index (χ1) is 15.4. The molecule has 4 aromatic rings. The number of aromatic hydroxyl groups is 1. The number of hydrogen-bond donors (Lipinski definition) is 1. The third-order valence-corrected chi connectivity index (χ3v) is 5.76. The lowest BCUT2D eigenvalue weighted by atomic mass is 9.92. The van der Waals surface area contributed by atoms with E-state index in [1.54, 1.807) is 6.26 Å². The van der Waals surface area contributed by atoms with E-state index in [0.717, 1.165) is 28.8 Å². The summed E-state index contributed by atoms with van der Waals surface area (Å²) < 4.78 is 19.5. The van der Waals surface area contributed by atoms with E-state index >= 15 is 0 Å². The largest absolute Gasteiger partial charge is 0.506 e. The smallest absolute Gasteiger partial charge is 0.336 e. The molecule has 6 nitrogen and oxygen atoms in total. The van der Waals surface area contributed by atoms with Gasteiger partial charge >= 0.3 is 5.63 Å². The first-order valence-electron chi connectivity index (χ1n) is 10.8. The maximum Gasteiger partial charge on any atom is 0.336 e. The van der Waals surface area contributed by atoms with Crippen LogP contribution in [-0.2, 0) is 13.0 Å². The van der Waals surface area contributed by atoms with Gasteiger partial charge in [0.2, 0.25) is 0 Å². The number of phenolic OH excluding ortho intramolecular Hbond substituents is 1. The monoisotopic (exact) mass is 431 g/mol. The van der Waals surface area contributed by atoms with E-state index in [1.807, 2.05) is 61.0 Å². The van der Waals surface area contributed by atoms with Crippen LogP contribution in [0.25, 0.3) is 28.3 Å². The van der Waals surface area contributed by atoms with E-state index in [2.05, 4.69) is 6.92 Å². The summed E-state index contributed by atoms with van der Waals surface area (Å²) in [5.41, 5.74) is 1.97. The Morgan fingerprint density at radius 2 is 2.03 bits per heavy atom. The topological polar surface area (TPSA) is 77.7 Å². The molecule has 0 aliphatic carbocycles. The molecule has 0 fully saturated rings. The number of phenols is 1. The minimum Gasteiger partial charge on any atom is -0.506 e. The van der Waals surface area contributed by atoms with Gasteiger partial charge in [-0.05, 0) is 62.2 Å². The Hall–Kier alpha value is -3.67. The molecular formula is C26H25NO5. The van der Waals surface area contributed by atoms with Crippen LogP contribution in [-0.4, -0.2) is 15.3 Å². The molecule has 0 bridgehead atoms. The van der Waals surface area contributed by atoms with Crippen molar-refractivity contribution in [1.29, 1.82) is 0 Å². The molecule has 0 saturated heterocycles. The third kappa shape index (κ3) is 3.32. The fraction of sp³-hybridized carbons (Fsp3) is 0.269. The van der Waals surface area contributed by atoms with Crippen LogP contribution in [0.1, 0.15) is 44.1 Å². The van der Waals surface area contributed by atoms with Gasteiger partial charge in [0.1, 0.15) is 22.9 Å². The Labute approximate surface area is 185 Å². The number of ether oxygens (including phenoxy) is 1. The van der Waals surface area contributed by atoms with E-state index in [0.29, 0.717) is 35.4 Å². The van der Waals surface area contributed by atoms with Crippen molar-refractivity contribution >= 4 is 17.0 Å². The molecule has 164 valence electrons. The average molecular weight is 431 g/mol. The first-order valence-corrected chi connectivity index (χ1v) is 10.8. The molecule has 1 N–H and O–H groups in total. The maximum atomic E-state index is 12.5. The summed E-state index contributed by atoms with van der Waals surface area (Å²) in [6.45, 7) is 6.45. The minimum absolute atomic E-state index is 0.0236. The lowest BCUT2D eigenvalue weighted by molar-refractivity contribution is 0.160. The molecule has 6 heteroatoms. The van der Waals surface area contributed by atoms with Gasteiger partial charge in [0.05, 0.1) is 35.0 Å². The molecule has 1 aliphatic rings. The zero-order valence-electron chi connectivity index (χ0n) is 18.3. The van der Waals surface area contributed by atoms with Gasteiger partial charge in [-0.3, -0.25) is 0 Å². The number of furan rings is 1. The van der Waals surface area contributed by atoms with Gasteiger partial charge in [0, 0.05) is 12.3 Å². The summed E-state index contributed by atoms with van der Waals surface area (Å²) in [5.74, 6) is 1.35. The molecule has 0 unspecified atom stereocenters. The predicted octanol–water partition coefficient (Wildman–Crippen LogP) is 5.75. The van der Waals surface area contributed by atoms with E-state index < -0.39 is 11.2 Å². The van der Waals surface area contributed by atoms with E-state index in [1.165, 1.54) is 6.07 Å². The van der Waals surface area contributed by atoms with E-state index in [-0.39, 0.29) is 5.75 Å². The summed E-state index contributed by atoms with van der Waals surface area (Å²) in [6, 6.07) is 9.06. The van der Waals surface area contributed by atoms with Gasteiger partial charge < -0.3 is 23.2 Å². The van der Waals surface area contributed by atoms with Crippen LogP contribution in [0.3, 0.4) is 0 Å². The molecule has 0 amide bonds. The lowest BCUT2D eigenvalue weighted by Gasteiger charge is -2.30. The fourth-order valence-corrected chi connectivity index (χ4v) is 4.35. The van der Waals surface area contributed by atoms with E-state index in [4.69, 9.17) is 13.6 Å². The van der Waals surface area contributed by atoms with Crippen LogP contribution in [0.15, 0.2) is 62.5 Å². The van der Waals surface area contributed by atoms with Gasteiger partial charge in [-0.25, -0.2) is 4.79 Å². The Kier molecular flexibility index (Phi) is 4.73. The third-order valence-electron chi connectivity index (χ3n) is 5.76. The van der Waals surface area contributed by atoms with Gasteiger partial charge in [0.25, 0.3) is 0 Å². The summed E-state index contributed by atoms with van der Waals surface area (Å²) in [6.07, 6.45) is 8.90. The highest BCUT2D eigenvalue weighted by atomic mass is 16.5. The highest BCUT2D eigenvalue weighted by molar-refractivity contribution is 6.04. The molecule has 1 aliphatic heterocycles. The van der Waals surface area contributed by atoms with Crippen molar-refractivity contribution in [1.82, 2.24) is 4.57 Å². The second-order valence-electron chi connectivity index (χ2n) is 8.65. The van der Waals surface area contributed by atoms with Crippen LogP contribution in [0.5, 0.6) is 11.5 Å². The normalized spacial score (nSPS) is 14.5. The number of fused-ring (bicyclic) bond motifs is 3. The Balaban J connectivity index is 1.85. The molecule has 0 saturated carbocycles. The summed E-state index contributed by atoms with van der Waals surface area (Å²) >= 11 is 0. The van der Waals surface area contributed by atoms with Gasteiger partial charge in [-0.2, -0.15) is 0 Å². The average Bonchev–Trinajstić information content (AvgIpc) is 3.40. The SMILES string of the molecule is CCCc1cc(=O)oc2c(-c3cccn3Cc3ccco3)c(O)c3c(c12)OC(C)(C)C=C3. The quantitative estimate of drug-likeness (QED) is 0.407. The van der Waals surface area contributed by atoms with E-state index in [9.17, 15) is 9.90 Å². The summed E-state index contributed by atoms with van der Waals surface area (Å²) in [7, 11) is 0. The van der Waals surface area contributed by atoms with Crippen molar-refractivity contribution in [2.45, 2.75) is 45.8 Å². The van der Waals surface area contributed by atoms with Crippen molar-refractivity contribution in [2.24, 2.45) is 0 Å². The first kappa shape index (κ1) is 20.2. The number of benzene rings is 1. The second kappa shape index (κ2) is 7.48. The predicted molar refractivity (Wildman–Crippen MR) is 123 cm³/mol. The Morgan fingerprint density at radius 3 is 2.78 bits per heavy atom. The maximum absolute atomic E-state index is 12.5. The Bertz CT molecular complexity index is 1390. The van der Waals surface area contributed by atoms with Crippen molar-refractivity contribution in [3.8, 4) is 22.8 Å². The van der Waals surface area contributed by atoms with Crippen LogP contribution >= 0.6 is 0 Å². The van der Waals surface area contributed by atoms with Crippen molar-refractivity contribution in [2.75, 3.05) is 0 Å². The summed E-state index contributed by atoms with van der Waals surface area (Å²) in [5, 5.41) is 12.1. The number of hydrogen-bond acceptors (Lipinski definition) is 5. The minimum atomic E-state index is -0.549. The Morgan fingerprint density at radius 1 is 1.19 bits per heavy atom. The lowest BCUT2D eigenvalue weighted by Crippen LogP contribution is -2.28. The molecule has 5 rings (SSSR count). The summed E-state index contributed by atoms with van der Waals surface area (Å²) in [4.78, 5) is 12.5. The fourth-order valence-electron chi connectivity index (χ4n) is 4.35. The molecule has 0 spiro atoms. The number of aryl methyl sites for hydroxylation is 1. The number of rotatable bonds is 5. The molecule has 4 heterocycles. The molecule has 1 aromatic carbocycles. The van der Waals surface area contributed by atoms with Crippen LogP contribution < -0.4 is 10.4 Å². The standard InChI is InChI=1S/C26H25NO5/c1-4-7-16-14-20(28)31-25-21(16)24-18(10-11-26(2,3)32-24)23(29)22(25)19-9-5-12-27(19)15-17-8-6-13-30-17/h5-6,8-14,29H,4,7,15H2,1-3H3. The van der Waals surface area contributed by atoms with Crippen LogP contribution in [0.4, 0.5) is 0 Å². The van der Waals surface area contributed by atoms with Crippen molar-refractivity contribution in [3.63, 3.8) is 0 Å². The van der Waals surface area contributed by atoms with Gasteiger partial charge in [-0.15, -0.1) is 0 Å². The van der Waals surface area contributed by atoms with Gasteiger partial charge in [-0.1, -0.05) is 13.3 Å². The molecule has 3 aromatic heterocycles. The number of nitrogens with zero attached hydrogens (tertiary/aromatic N) is 1. The molecule has 0 radical (unpaired) electrons. The highest BCUT2D eigenvalue weighted by Crippen LogP contribution is 2.49. The molecule has 0 atom stereocenters. The zero-order valence-corrected chi connectivity index (χ0v) is 18.3. The molecule has 32 heavy (non-hydrogen) atoms. The second-order valence-corrected chi connectivity index (χ2v) is 8.65. The van der Waals surface area contributed by atoms with Crippen LogP contribution in [0.2, 0.25) is 0 Å². The molecular weight excluding hydrogens is 406 g/mol. The number of aromatic nitrogens is 1. The van der Waals surface area contributed by atoms with Gasteiger partial charge in [0.15, 0.2) is 5.58 Å². The zero-order chi connectivity index (χ0) is 22.5. The van der Waals surface area contributed by atoms with Crippen LogP contribution in [0, 0.1) is 0 Å². The highest BCUT2D eigenvalue weighted by Gasteiger charge is 2.31. The van der Waals surface area contributed by atoms with Crippen molar-refractivity contribution in [3.05, 3.63) is 76.2 Å².